The molecular formula is C33H39N5O5S. The van der Waals surface area contributed by atoms with Gasteiger partial charge in [0.05, 0.1) is 24.8 Å². The molecule has 0 radical (unpaired) electrons. The molecule has 2 atom stereocenters. The number of hydrogen-bond donors (Lipinski definition) is 2. The van der Waals surface area contributed by atoms with Crippen molar-refractivity contribution in [3.05, 3.63) is 64.0 Å². The number of ether oxygens (including phenoxy) is 1. The highest BCUT2D eigenvalue weighted by Gasteiger charge is 2.46. The first kappa shape index (κ1) is 30.1. The van der Waals surface area contributed by atoms with Crippen LogP contribution < -0.4 is 15.0 Å². The lowest BCUT2D eigenvalue weighted by atomic mass is 9.85. The van der Waals surface area contributed by atoms with Crippen molar-refractivity contribution in [2.24, 2.45) is 17.8 Å². The molecule has 1 aromatic heterocycles. The minimum absolute atomic E-state index is 0.0198. The van der Waals surface area contributed by atoms with E-state index in [1.807, 2.05) is 49.1 Å². The van der Waals surface area contributed by atoms with E-state index in [1.165, 1.54) is 0 Å². The van der Waals surface area contributed by atoms with Crippen molar-refractivity contribution in [2.75, 3.05) is 51.3 Å². The number of nitrogens with one attached hydrogen (secondary N) is 1. The monoisotopic (exact) mass is 617 g/mol. The predicted octanol–water partition coefficient (Wildman–Crippen LogP) is 4.01. The van der Waals surface area contributed by atoms with Gasteiger partial charge in [-0.3, -0.25) is 19.3 Å². The number of piperidine rings is 1. The molecule has 3 aliphatic rings. The molecule has 1 saturated carbocycles. The number of rotatable bonds is 9. The number of nitrogens with zero attached hydrogens (tertiary/aromatic N) is 4. The fourth-order valence-electron chi connectivity index (χ4n) is 6.83. The summed E-state index contributed by atoms with van der Waals surface area (Å²) in [5.41, 5.74) is 5.43. The van der Waals surface area contributed by atoms with Gasteiger partial charge < -0.3 is 25.0 Å². The number of hydrogen-bond acceptors (Lipinski definition) is 8. The Hall–Kier alpha value is -3.96. The maximum atomic E-state index is 13.1. The number of thiazole rings is 1. The Labute approximate surface area is 261 Å². The van der Waals surface area contributed by atoms with Gasteiger partial charge in [0.25, 0.3) is 5.91 Å². The molecule has 2 N–H and O–H groups in total. The molecule has 3 aromatic rings. The minimum atomic E-state index is -0.660. The molecule has 2 aliphatic heterocycles. The third-order valence-electron chi connectivity index (χ3n) is 9.14. The number of anilines is 1. The molecule has 2 unspecified atom stereocenters. The summed E-state index contributed by atoms with van der Waals surface area (Å²) in [7, 11) is 1.76. The number of fused-ring (bicyclic) bond motifs is 2. The van der Waals surface area contributed by atoms with Crippen LogP contribution in [0.25, 0.3) is 11.3 Å². The molecule has 0 spiro atoms. The summed E-state index contributed by atoms with van der Waals surface area (Å²) in [4.78, 5) is 47.4. The Kier molecular flexibility index (Phi) is 8.59. The van der Waals surface area contributed by atoms with E-state index < -0.39 is 5.97 Å². The van der Waals surface area contributed by atoms with Gasteiger partial charge in [0.2, 0.25) is 5.91 Å². The van der Waals surface area contributed by atoms with E-state index in [9.17, 15) is 19.5 Å². The van der Waals surface area contributed by atoms with Crippen LogP contribution in [-0.4, -0.2) is 84.1 Å². The summed E-state index contributed by atoms with van der Waals surface area (Å²) in [6.07, 6.45) is 1.94. The van der Waals surface area contributed by atoms with Crippen LogP contribution in [0, 0.1) is 31.6 Å². The number of carbonyl (C=O) groups is 3. The van der Waals surface area contributed by atoms with E-state index in [0.717, 1.165) is 64.8 Å². The Morgan fingerprint density at radius 2 is 1.91 bits per heavy atom. The zero-order chi connectivity index (χ0) is 31.0. The lowest BCUT2D eigenvalue weighted by molar-refractivity contribution is -0.144. The van der Waals surface area contributed by atoms with Crippen LogP contribution in [-0.2, 0) is 16.2 Å². The van der Waals surface area contributed by atoms with Crippen molar-refractivity contribution in [3.63, 3.8) is 0 Å². The normalized spacial score (nSPS) is 21.7. The first-order valence-electron chi connectivity index (χ1n) is 15.2. The van der Waals surface area contributed by atoms with E-state index in [1.54, 1.807) is 23.3 Å². The summed E-state index contributed by atoms with van der Waals surface area (Å²) in [6.45, 7) is 7.84. The Morgan fingerprint density at radius 1 is 1.14 bits per heavy atom. The molecule has 2 bridgehead atoms. The largest absolute Gasteiger partial charge is 0.488 e. The zero-order valence-electron chi connectivity index (χ0n) is 25.4. The molecule has 2 aromatic carbocycles. The second kappa shape index (κ2) is 12.6. The highest BCUT2D eigenvalue weighted by molar-refractivity contribution is 7.14. The lowest BCUT2D eigenvalue weighted by Gasteiger charge is -2.35. The summed E-state index contributed by atoms with van der Waals surface area (Å²) < 4.78 is 6.36. The van der Waals surface area contributed by atoms with Crippen LogP contribution in [0.1, 0.15) is 39.9 Å². The van der Waals surface area contributed by atoms with Gasteiger partial charge in [0.1, 0.15) is 12.4 Å². The fourth-order valence-corrected chi connectivity index (χ4v) is 7.67. The van der Waals surface area contributed by atoms with E-state index in [2.05, 4.69) is 21.7 Å². The van der Waals surface area contributed by atoms with Gasteiger partial charge >= 0.3 is 5.97 Å². The number of aryl methyl sites for hydroxylation is 2. The molecule has 11 heteroatoms. The van der Waals surface area contributed by atoms with E-state index in [4.69, 9.17) is 9.72 Å². The molecule has 3 fully saturated rings. The Bertz CT molecular complexity index is 1560. The SMILES string of the molecule is Cc1ccc(OCc2ccc(C(=O)N(C)CN3CCNC(=O)C3)cc2C)c(-c2csc(N3CC4CCC(C3)C4C(=O)O)n2)c1. The van der Waals surface area contributed by atoms with Crippen molar-refractivity contribution < 1.29 is 24.2 Å². The van der Waals surface area contributed by atoms with Crippen LogP contribution in [0.4, 0.5) is 5.13 Å². The highest BCUT2D eigenvalue weighted by Crippen LogP contribution is 2.44. The number of aliphatic carboxylic acids is 1. The van der Waals surface area contributed by atoms with Gasteiger partial charge in [-0.1, -0.05) is 17.7 Å². The average Bonchev–Trinajstić information content (AvgIpc) is 3.59. The minimum Gasteiger partial charge on any atom is -0.488 e. The highest BCUT2D eigenvalue weighted by atomic mass is 32.1. The number of amides is 2. The summed E-state index contributed by atoms with van der Waals surface area (Å²) in [5, 5.41) is 15.5. The molecule has 1 aliphatic carbocycles. The van der Waals surface area contributed by atoms with E-state index >= 15 is 0 Å². The topological polar surface area (TPSA) is 115 Å². The maximum absolute atomic E-state index is 13.1. The number of carbonyl (C=O) groups excluding carboxylic acids is 2. The Morgan fingerprint density at radius 3 is 2.61 bits per heavy atom. The van der Waals surface area contributed by atoms with Crippen molar-refractivity contribution in [2.45, 2.75) is 33.3 Å². The summed E-state index contributed by atoms with van der Waals surface area (Å²) in [5.74, 6) is 0.0945. The van der Waals surface area contributed by atoms with Gasteiger partial charge in [-0.05, 0) is 73.9 Å². The quantitative estimate of drug-likeness (QED) is 0.370. The number of carboxylic acid groups (broad SMARTS) is 1. The van der Waals surface area contributed by atoms with Crippen LogP contribution >= 0.6 is 11.3 Å². The molecular weight excluding hydrogens is 578 g/mol. The van der Waals surface area contributed by atoms with Crippen LogP contribution in [0.5, 0.6) is 5.75 Å². The average molecular weight is 618 g/mol. The van der Waals surface area contributed by atoms with Gasteiger partial charge in [0.15, 0.2) is 5.13 Å². The first-order chi connectivity index (χ1) is 21.2. The Balaban J connectivity index is 1.12. The van der Waals surface area contributed by atoms with Gasteiger partial charge in [-0.2, -0.15) is 0 Å². The van der Waals surface area contributed by atoms with Gasteiger partial charge in [-0.15, -0.1) is 11.3 Å². The third kappa shape index (κ3) is 6.30. The van der Waals surface area contributed by atoms with Gasteiger partial charge in [-0.25, -0.2) is 4.98 Å². The predicted molar refractivity (Wildman–Crippen MR) is 169 cm³/mol. The van der Waals surface area contributed by atoms with E-state index in [-0.39, 0.29) is 29.6 Å². The van der Waals surface area contributed by atoms with Crippen molar-refractivity contribution >= 4 is 34.3 Å². The molecule has 6 rings (SSSR count). The van der Waals surface area contributed by atoms with Crippen LogP contribution in [0.15, 0.2) is 41.8 Å². The zero-order valence-corrected chi connectivity index (χ0v) is 26.2. The maximum Gasteiger partial charge on any atom is 0.307 e. The summed E-state index contributed by atoms with van der Waals surface area (Å²) in [6, 6.07) is 11.8. The lowest BCUT2D eigenvalue weighted by Crippen LogP contribution is -2.51. The first-order valence-corrected chi connectivity index (χ1v) is 16.1. The molecule has 232 valence electrons. The molecule has 2 saturated heterocycles. The third-order valence-corrected chi connectivity index (χ3v) is 10.0. The van der Waals surface area contributed by atoms with Crippen LogP contribution in [0.2, 0.25) is 0 Å². The number of carboxylic acids is 1. The second-order valence-corrected chi connectivity index (χ2v) is 13.2. The molecule has 44 heavy (non-hydrogen) atoms. The molecule has 2 amide bonds. The van der Waals surface area contributed by atoms with Crippen LogP contribution in [0.3, 0.4) is 0 Å². The number of aromatic nitrogens is 1. The van der Waals surface area contributed by atoms with Crippen molar-refractivity contribution in [1.29, 1.82) is 0 Å². The van der Waals surface area contributed by atoms with Gasteiger partial charge in [0, 0.05) is 49.7 Å². The molecule has 3 heterocycles. The van der Waals surface area contributed by atoms with Crippen molar-refractivity contribution in [3.8, 4) is 17.0 Å². The number of piperazine rings is 1. The fraction of sp³-hybridized carbons (Fsp3) is 0.455. The number of benzene rings is 2. The van der Waals surface area contributed by atoms with E-state index in [0.29, 0.717) is 38.5 Å². The van der Waals surface area contributed by atoms with Crippen molar-refractivity contribution in [1.82, 2.24) is 20.1 Å². The molecule has 10 nitrogen and oxygen atoms in total. The standard InChI is InChI=1S/C33H39N5O5S/c1-20-4-9-28(26(12-20)27-18-44-33(35-27)38-14-23-6-7-24(15-38)30(23)32(41)42)43-17-25-8-5-22(13-21(25)2)31(40)36(3)19-37-11-10-34-29(39)16-37/h4-5,8-9,12-13,18,23-24,30H,6-7,10-11,14-17,19H2,1-3H3,(H,34,39)(H,41,42). The summed E-state index contributed by atoms with van der Waals surface area (Å²) >= 11 is 1.59. The second-order valence-electron chi connectivity index (χ2n) is 12.4. The smallest absolute Gasteiger partial charge is 0.307 e.